The second-order valence-electron chi connectivity index (χ2n) is 6.56. The Hall–Kier alpha value is -3.92. The van der Waals surface area contributed by atoms with Crippen molar-refractivity contribution in [3.8, 4) is 11.5 Å². The van der Waals surface area contributed by atoms with Gasteiger partial charge in [0.15, 0.2) is 0 Å². The standard InChI is InChI=1S/C26H22O4/c1-3-10-19-12-5-7-16-23(19)29-25(27)21-14-9-15-22(18-21)26(28)30-24-17-8-6-13-20(24)11-4-2/h3-9,12-18H,1-2,10-11H2. The maximum absolute atomic E-state index is 12.6. The highest BCUT2D eigenvalue weighted by Crippen LogP contribution is 2.22. The summed E-state index contributed by atoms with van der Waals surface area (Å²) in [4.78, 5) is 25.3. The summed E-state index contributed by atoms with van der Waals surface area (Å²) in [6, 6.07) is 20.8. The van der Waals surface area contributed by atoms with Crippen LogP contribution in [0.15, 0.2) is 98.1 Å². The molecule has 0 unspecified atom stereocenters. The summed E-state index contributed by atoms with van der Waals surface area (Å²) in [5.74, 6) is -0.163. The SMILES string of the molecule is C=CCc1ccccc1OC(=O)c1cccc(C(=O)Oc2ccccc2CC=C)c1. The maximum Gasteiger partial charge on any atom is 0.343 e. The van der Waals surface area contributed by atoms with E-state index in [4.69, 9.17) is 9.47 Å². The molecule has 0 amide bonds. The molecule has 0 saturated carbocycles. The quantitative estimate of drug-likeness (QED) is 0.282. The van der Waals surface area contributed by atoms with Crippen LogP contribution >= 0.6 is 0 Å². The van der Waals surface area contributed by atoms with Gasteiger partial charge in [-0.05, 0) is 54.3 Å². The smallest absolute Gasteiger partial charge is 0.343 e. The summed E-state index contributed by atoms with van der Waals surface area (Å²) in [7, 11) is 0. The fourth-order valence-electron chi connectivity index (χ4n) is 2.95. The number of carbonyl (C=O) groups excluding carboxylic acids is 2. The fourth-order valence-corrected chi connectivity index (χ4v) is 2.95. The third-order valence-electron chi connectivity index (χ3n) is 4.41. The Labute approximate surface area is 176 Å². The van der Waals surface area contributed by atoms with Crippen LogP contribution < -0.4 is 9.47 Å². The van der Waals surface area contributed by atoms with Gasteiger partial charge in [0, 0.05) is 0 Å². The van der Waals surface area contributed by atoms with Crippen molar-refractivity contribution in [3.63, 3.8) is 0 Å². The molecule has 0 spiro atoms. The summed E-state index contributed by atoms with van der Waals surface area (Å²) in [6.45, 7) is 7.44. The molecule has 0 aliphatic carbocycles. The molecule has 0 aliphatic rings. The van der Waals surface area contributed by atoms with Gasteiger partial charge in [0.1, 0.15) is 11.5 Å². The second-order valence-corrected chi connectivity index (χ2v) is 6.56. The van der Waals surface area contributed by atoms with Gasteiger partial charge in [0.25, 0.3) is 0 Å². The first-order valence-corrected chi connectivity index (χ1v) is 9.54. The van der Waals surface area contributed by atoms with Crippen LogP contribution in [0, 0.1) is 0 Å². The molecule has 0 N–H and O–H groups in total. The third kappa shape index (κ3) is 5.11. The molecule has 0 atom stereocenters. The molecule has 0 heterocycles. The minimum absolute atomic E-state index is 0.261. The molecule has 0 fully saturated rings. The first-order chi connectivity index (χ1) is 14.6. The molecule has 30 heavy (non-hydrogen) atoms. The van der Waals surface area contributed by atoms with Crippen molar-refractivity contribution < 1.29 is 19.1 Å². The van der Waals surface area contributed by atoms with Crippen LogP contribution in [-0.2, 0) is 12.8 Å². The molecule has 3 rings (SSSR count). The van der Waals surface area contributed by atoms with Crippen molar-refractivity contribution in [1.29, 1.82) is 0 Å². The van der Waals surface area contributed by atoms with Gasteiger partial charge >= 0.3 is 11.9 Å². The zero-order valence-corrected chi connectivity index (χ0v) is 16.5. The van der Waals surface area contributed by atoms with Gasteiger partial charge < -0.3 is 9.47 Å². The lowest BCUT2D eigenvalue weighted by atomic mass is 10.1. The van der Waals surface area contributed by atoms with E-state index in [0.717, 1.165) is 11.1 Å². The third-order valence-corrected chi connectivity index (χ3v) is 4.41. The van der Waals surface area contributed by atoms with E-state index in [9.17, 15) is 9.59 Å². The normalized spacial score (nSPS) is 10.1. The molecule has 150 valence electrons. The van der Waals surface area contributed by atoms with Crippen LogP contribution in [0.3, 0.4) is 0 Å². The summed E-state index contributed by atoms with van der Waals surface area (Å²) in [5, 5.41) is 0. The number of para-hydroxylation sites is 2. The van der Waals surface area contributed by atoms with Gasteiger partial charge in [0.05, 0.1) is 11.1 Å². The molecular weight excluding hydrogens is 376 g/mol. The molecular formula is C26H22O4. The van der Waals surface area contributed by atoms with Gasteiger partial charge in [-0.15, -0.1) is 13.2 Å². The van der Waals surface area contributed by atoms with E-state index in [1.807, 2.05) is 24.3 Å². The molecule has 0 radical (unpaired) electrons. The van der Waals surface area contributed by atoms with Crippen LogP contribution in [0.25, 0.3) is 0 Å². The number of allylic oxidation sites excluding steroid dienone is 2. The second kappa shape index (κ2) is 10.0. The Morgan fingerprint density at radius 1 is 0.667 bits per heavy atom. The zero-order valence-electron chi connectivity index (χ0n) is 16.5. The van der Waals surface area contributed by atoms with Gasteiger partial charge in [-0.25, -0.2) is 9.59 Å². The van der Waals surface area contributed by atoms with Crippen molar-refractivity contribution in [2.75, 3.05) is 0 Å². The molecule has 0 saturated heterocycles. The van der Waals surface area contributed by atoms with E-state index in [2.05, 4.69) is 13.2 Å². The predicted octanol–water partition coefficient (Wildman–Crippen LogP) is 5.58. The van der Waals surface area contributed by atoms with Crippen molar-refractivity contribution in [1.82, 2.24) is 0 Å². The Kier molecular flexibility index (Phi) is 6.95. The van der Waals surface area contributed by atoms with Crippen LogP contribution in [0.4, 0.5) is 0 Å². The molecule has 0 aliphatic heterocycles. The van der Waals surface area contributed by atoms with Gasteiger partial charge in [0.2, 0.25) is 0 Å². The summed E-state index contributed by atoms with van der Waals surface area (Å²) >= 11 is 0. The maximum atomic E-state index is 12.6. The van der Waals surface area contributed by atoms with Gasteiger partial charge in [-0.3, -0.25) is 0 Å². The molecule has 0 aromatic heterocycles. The first-order valence-electron chi connectivity index (χ1n) is 9.54. The minimum atomic E-state index is -0.548. The highest BCUT2D eigenvalue weighted by atomic mass is 16.5. The van der Waals surface area contributed by atoms with Crippen LogP contribution in [-0.4, -0.2) is 11.9 Å². The summed E-state index contributed by atoms with van der Waals surface area (Å²) in [5.41, 5.74) is 2.24. The molecule has 3 aromatic carbocycles. The monoisotopic (exact) mass is 398 g/mol. The number of benzene rings is 3. The van der Waals surface area contributed by atoms with E-state index in [-0.39, 0.29) is 11.1 Å². The predicted molar refractivity (Wildman–Crippen MR) is 117 cm³/mol. The Bertz CT molecular complexity index is 999. The number of ether oxygens (including phenoxy) is 2. The van der Waals surface area contributed by atoms with Gasteiger partial charge in [-0.1, -0.05) is 54.6 Å². The topological polar surface area (TPSA) is 52.6 Å². The van der Waals surface area contributed by atoms with Crippen molar-refractivity contribution in [2.24, 2.45) is 0 Å². The molecule has 3 aromatic rings. The van der Waals surface area contributed by atoms with Crippen molar-refractivity contribution in [2.45, 2.75) is 12.8 Å². The summed E-state index contributed by atoms with van der Waals surface area (Å²) < 4.78 is 11.1. The number of hydrogen-bond donors (Lipinski definition) is 0. The van der Waals surface area contributed by atoms with E-state index < -0.39 is 11.9 Å². The average Bonchev–Trinajstić information content (AvgIpc) is 2.77. The van der Waals surface area contributed by atoms with Crippen LogP contribution in [0.1, 0.15) is 31.8 Å². The fraction of sp³-hybridized carbons (Fsp3) is 0.0769. The van der Waals surface area contributed by atoms with E-state index >= 15 is 0 Å². The number of carbonyl (C=O) groups is 2. The van der Waals surface area contributed by atoms with E-state index in [1.54, 1.807) is 54.6 Å². The Morgan fingerprint density at radius 2 is 1.10 bits per heavy atom. The molecule has 0 bridgehead atoms. The van der Waals surface area contributed by atoms with Crippen LogP contribution in [0.2, 0.25) is 0 Å². The Balaban J connectivity index is 1.77. The largest absolute Gasteiger partial charge is 0.423 e. The van der Waals surface area contributed by atoms with Crippen molar-refractivity contribution >= 4 is 11.9 Å². The molecule has 4 heteroatoms. The van der Waals surface area contributed by atoms with E-state index in [1.165, 1.54) is 6.07 Å². The average molecular weight is 398 g/mol. The summed E-state index contributed by atoms with van der Waals surface area (Å²) in [6.07, 6.45) is 4.65. The van der Waals surface area contributed by atoms with Gasteiger partial charge in [-0.2, -0.15) is 0 Å². The molecule has 4 nitrogen and oxygen atoms in total. The minimum Gasteiger partial charge on any atom is -0.423 e. The lowest BCUT2D eigenvalue weighted by Crippen LogP contribution is -2.13. The lowest BCUT2D eigenvalue weighted by molar-refractivity contribution is 0.0733. The Morgan fingerprint density at radius 3 is 1.53 bits per heavy atom. The van der Waals surface area contributed by atoms with E-state index in [0.29, 0.717) is 24.3 Å². The zero-order chi connectivity index (χ0) is 21.3. The van der Waals surface area contributed by atoms with Crippen molar-refractivity contribution in [3.05, 3.63) is 120 Å². The van der Waals surface area contributed by atoms with Crippen LogP contribution in [0.5, 0.6) is 11.5 Å². The lowest BCUT2D eigenvalue weighted by Gasteiger charge is -2.10. The highest BCUT2D eigenvalue weighted by molar-refractivity contribution is 5.96. The number of rotatable bonds is 8. The first kappa shape index (κ1) is 20.8. The highest BCUT2D eigenvalue weighted by Gasteiger charge is 2.16. The number of hydrogen-bond acceptors (Lipinski definition) is 4. The number of esters is 2.